The Balaban J connectivity index is 0.000000970. The Labute approximate surface area is 149 Å². The van der Waals surface area contributed by atoms with E-state index in [2.05, 4.69) is 20.3 Å². The Kier molecular flexibility index (Phi) is 7.95. The summed E-state index contributed by atoms with van der Waals surface area (Å²) >= 11 is 0.901. The molecule has 136 valence electrons. The van der Waals surface area contributed by atoms with Gasteiger partial charge < -0.3 is 9.64 Å². The summed E-state index contributed by atoms with van der Waals surface area (Å²) in [4.78, 5) is 24.0. The number of tetrazole rings is 1. The van der Waals surface area contributed by atoms with E-state index >= 15 is 0 Å². The van der Waals surface area contributed by atoms with Crippen LogP contribution in [0.5, 0.6) is 0 Å². The third-order valence-corrected chi connectivity index (χ3v) is 4.04. The lowest BCUT2D eigenvalue weighted by molar-refractivity contribution is -0.384. The molecule has 0 aliphatic carbocycles. The van der Waals surface area contributed by atoms with Gasteiger partial charge >= 0.3 is 0 Å². The Hall–Kier alpha value is -2.53. The molecule has 2 rings (SSSR count). The third-order valence-electron chi connectivity index (χ3n) is 3.02. The van der Waals surface area contributed by atoms with Crippen LogP contribution in [0.3, 0.4) is 0 Å². The summed E-state index contributed by atoms with van der Waals surface area (Å²) in [7, 11) is 6.51. The highest BCUT2D eigenvalue weighted by atomic mass is 32.2. The van der Waals surface area contributed by atoms with Crippen LogP contribution < -0.4 is 0 Å². The van der Waals surface area contributed by atoms with E-state index in [-0.39, 0.29) is 17.5 Å². The van der Waals surface area contributed by atoms with Crippen LogP contribution in [-0.4, -0.2) is 56.5 Å². The highest BCUT2D eigenvalue weighted by Crippen LogP contribution is 2.22. The fraction of sp³-hybridized carbons (Fsp3) is 0.429. The van der Waals surface area contributed by atoms with Crippen LogP contribution in [0.15, 0.2) is 23.4 Å². The van der Waals surface area contributed by atoms with Gasteiger partial charge in [-0.3, -0.25) is 14.9 Å². The van der Waals surface area contributed by atoms with Gasteiger partial charge in [0, 0.05) is 58.8 Å². The lowest BCUT2D eigenvalue weighted by atomic mass is 10.1. The van der Waals surface area contributed by atoms with Gasteiger partial charge in [0.15, 0.2) is 0 Å². The number of hydrogen-bond donors (Lipinski definition) is 0. The van der Waals surface area contributed by atoms with Crippen molar-refractivity contribution in [1.29, 1.82) is 0 Å². The first-order valence-electron chi connectivity index (χ1n) is 7.09. The van der Waals surface area contributed by atoms with E-state index in [1.54, 1.807) is 34.4 Å². The number of benzene rings is 1. The summed E-state index contributed by atoms with van der Waals surface area (Å²) in [5.74, 6) is 0. The molecule has 0 spiro atoms. The smallest absolute Gasteiger partial charge is 0.289 e. The summed E-state index contributed by atoms with van der Waals surface area (Å²) in [5, 5.41) is 21.8. The summed E-state index contributed by atoms with van der Waals surface area (Å²) in [5.41, 5.74) is 1.61. The Morgan fingerprint density at radius 1 is 1.44 bits per heavy atom. The van der Waals surface area contributed by atoms with E-state index in [4.69, 9.17) is 0 Å². The van der Waals surface area contributed by atoms with E-state index in [0.29, 0.717) is 5.16 Å². The second kappa shape index (κ2) is 9.69. The molecule has 0 saturated carbocycles. The predicted octanol–water partition coefficient (Wildman–Crippen LogP) is 2.03. The van der Waals surface area contributed by atoms with Gasteiger partial charge in [0.2, 0.25) is 5.16 Å². The predicted molar refractivity (Wildman–Crippen MR) is 92.3 cm³/mol. The molecule has 1 aromatic heterocycles. The number of carbonyl (C=O) groups excluding carboxylic acids is 1. The molecule has 25 heavy (non-hydrogen) atoms. The molecular formula is C14H20N6O4S. The molecule has 0 bridgehead atoms. The van der Waals surface area contributed by atoms with E-state index in [9.17, 15) is 14.9 Å². The molecule has 10 nitrogen and oxygen atoms in total. The van der Waals surface area contributed by atoms with E-state index in [1.165, 1.54) is 21.7 Å². The molecule has 1 amide bonds. The fourth-order valence-corrected chi connectivity index (χ4v) is 2.35. The van der Waals surface area contributed by atoms with Crippen molar-refractivity contribution in [3.8, 4) is 0 Å². The number of nitro benzene ring substituents is 1. The first-order valence-corrected chi connectivity index (χ1v) is 7.91. The SMILES string of the molecule is COC.Cc1ccc([N+](=O)[O-])cc1CN(C)C(=O)Sc1nnnn1C. The van der Waals surface area contributed by atoms with Crippen molar-refractivity contribution >= 4 is 22.7 Å². The minimum absolute atomic E-state index is 0.00611. The lowest BCUT2D eigenvalue weighted by Crippen LogP contribution is -2.23. The van der Waals surface area contributed by atoms with E-state index in [1.807, 2.05) is 6.92 Å². The first-order chi connectivity index (χ1) is 11.8. The topological polar surface area (TPSA) is 116 Å². The number of aromatic nitrogens is 4. The molecule has 0 aliphatic heterocycles. The summed E-state index contributed by atoms with van der Waals surface area (Å²) < 4.78 is 5.65. The van der Waals surface area contributed by atoms with Gasteiger partial charge in [-0.1, -0.05) is 6.07 Å². The van der Waals surface area contributed by atoms with Crippen molar-refractivity contribution in [1.82, 2.24) is 25.1 Å². The second-order valence-electron chi connectivity index (χ2n) is 5.09. The lowest BCUT2D eigenvalue weighted by Gasteiger charge is -2.17. The zero-order chi connectivity index (χ0) is 19.0. The molecule has 0 atom stereocenters. The van der Waals surface area contributed by atoms with Crippen molar-refractivity contribution in [3.05, 3.63) is 39.4 Å². The van der Waals surface area contributed by atoms with Crippen LogP contribution >= 0.6 is 11.8 Å². The van der Waals surface area contributed by atoms with Gasteiger partial charge in [0.1, 0.15) is 0 Å². The Bertz CT molecular complexity index is 736. The third kappa shape index (κ3) is 6.12. The largest absolute Gasteiger partial charge is 0.388 e. The number of thioether (sulfide) groups is 1. The zero-order valence-electron chi connectivity index (χ0n) is 14.7. The van der Waals surface area contributed by atoms with Crippen molar-refractivity contribution in [2.24, 2.45) is 7.05 Å². The molecule has 0 unspecified atom stereocenters. The molecule has 0 saturated heterocycles. The highest BCUT2D eigenvalue weighted by Gasteiger charge is 2.17. The number of ether oxygens (including phenoxy) is 1. The number of hydrogen-bond acceptors (Lipinski definition) is 8. The molecule has 0 N–H and O–H groups in total. The van der Waals surface area contributed by atoms with Crippen LogP contribution in [0.4, 0.5) is 10.5 Å². The number of rotatable bonds is 4. The van der Waals surface area contributed by atoms with Crippen molar-refractivity contribution < 1.29 is 14.5 Å². The number of aryl methyl sites for hydroxylation is 2. The molecule has 0 radical (unpaired) electrons. The molecule has 11 heteroatoms. The molecule has 1 aromatic carbocycles. The van der Waals surface area contributed by atoms with Crippen LogP contribution in [0.1, 0.15) is 11.1 Å². The van der Waals surface area contributed by atoms with Gasteiger partial charge in [-0.15, -0.1) is 5.10 Å². The molecule has 0 aliphatic rings. The Morgan fingerprint density at radius 2 is 2.08 bits per heavy atom. The van der Waals surface area contributed by atoms with E-state index < -0.39 is 4.92 Å². The number of carbonyl (C=O) groups is 1. The maximum atomic E-state index is 12.1. The minimum Gasteiger partial charge on any atom is -0.388 e. The summed E-state index contributed by atoms with van der Waals surface area (Å²) in [6.07, 6.45) is 0. The molecule has 1 heterocycles. The number of non-ortho nitro benzene ring substituents is 1. The van der Waals surface area contributed by atoms with Gasteiger partial charge in [-0.2, -0.15) is 0 Å². The Morgan fingerprint density at radius 3 is 2.60 bits per heavy atom. The van der Waals surface area contributed by atoms with Crippen LogP contribution in [-0.2, 0) is 18.3 Å². The fourth-order valence-electron chi connectivity index (χ4n) is 1.73. The summed E-state index contributed by atoms with van der Waals surface area (Å²) in [6.45, 7) is 2.11. The maximum Gasteiger partial charge on any atom is 0.289 e. The average Bonchev–Trinajstić information content (AvgIpc) is 2.95. The second-order valence-corrected chi connectivity index (χ2v) is 6.00. The highest BCUT2D eigenvalue weighted by molar-refractivity contribution is 8.13. The molecule has 2 aromatic rings. The number of nitro groups is 1. The number of methoxy groups -OCH3 is 1. The van der Waals surface area contributed by atoms with Crippen LogP contribution in [0, 0.1) is 17.0 Å². The summed E-state index contributed by atoms with van der Waals surface area (Å²) in [6, 6.07) is 4.60. The van der Waals surface area contributed by atoms with Gasteiger partial charge in [-0.05, 0) is 28.5 Å². The van der Waals surface area contributed by atoms with E-state index in [0.717, 1.165) is 22.9 Å². The zero-order valence-corrected chi connectivity index (χ0v) is 15.5. The molecule has 0 fully saturated rings. The average molecular weight is 368 g/mol. The normalized spacial score (nSPS) is 9.96. The monoisotopic (exact) mass is 368 g/mol. The first kappa shape index (κ1) is 20.5. The number of amides is 1. The van der Waals surface area contributed by atoms with Crippen molar-refractivity contribution in [2.45, 2.75) is 18.6 Å². The van der Waals surface area contributed by atoms with Gasteiger partial charge in [0.25, 0.3) is 10.9 Å². The van der Waals surface area contributed by atoms with Crippen molar-refractivity contribution in [2.75, 3.05) is 21.3 Å². The van der Waals surface area contributed by atoms with Crippen LogP contribution in [0.25, 0.3) is 0 Å². The standard InChI is InChI=1S/C12H14N6O3S.C2H6O/c1-8-4-5-10(18(20)21)6-9(8)7-16(2)12(19)22-11-13-14-15-17(11)3;1-3-2/h4-6H,7H2,1-3H3;1-2H3. The van der Waals surface area contributed by atoms with Gasteiger partial charge in [0.05, 0.1) is 4.92 Å². The molecular weight excluding hydrogens is 348 g/mol. The maximum absolute atomic E-state index is 12.1. The quantitative estimate of drug-likeness (QED) is 0.457. The minimum atomic E-state index is -0.454. The van der Waals surface area contributed by atoms with Gasteiger partial charge in [-0.25, -0.2) is 4.68 Å². The number of nitrogens with zero attached hydrogens (tertiary/aromatic N) is 6. The van der Waals surface area contributed by atoms with Crippen molar-refractivity contribution in [3.63, 3.8) is 0 Å². The van der Waals surface area contributed by atoms with Crippen LogP contribution in [0.2, 0.25) is 0 Å².